The number of carbonyl (C=O) groups is 2. The van der Waals surface area contributed by atoms with Crippen molar-refractivity contribution in [1.29, 1.82) is 0 Å². The molecular weight excluding hydrogens is 442 g/mol. The fourth-order valence-corrected chi connectivity index (χ4v) is 4.28. The second-order valence-corrected chi connectivity index (χ2v) is 9.06. The molecule has 2 amide bonds. The third-order valence-corrected chi connectivity index (χ3v) is 6.42. The Morgan fingerprint density at radius 1 is 1.00 bits per heavy atom. The number of aromatic nitrogens is 2. The highest BCUT2D eigenvalue weighted by atomic mass is 16.5. The molecule has 0 atom stereocenters. The number of imidazole rings is 1. The van der Waals surface area contributed by atoms with Crippen molar-refractivity contribution in [2.45, 2.75) is 12.8 Å². The number of amides is 2. The SMILES string of the molecule is O=C(CN(CCN1CCOCC1)C(=O)C1CC1)Nc1nc(-c2ccccc2)cn1-c1ccccc1. The Labute approximate surface area is 205 Å². The second-order valence-electron chi connectivity index (χ2n) is 9.06. The monoisotopic (exact) mass is 473 g/mol. The molecule has 1 aromatic heterocycles. The lowest BCUT2D eigenvalue weighted by Gasteiger charge is -2.30. The van der Waals surface area contributed by atoms with E-state index in [0.717, 1.165) is 49.4 Å². The van der Waals surface area contributed by atoms with Crippen LogP contribution in [0.5, 0.6) is 0 Å². The minimum absolute atomic E-state index is 0.0159. The normalized spacial score (nSPS) is 16.1. The first kappa shape index (κ1) is 23.3. The summed E-state index contributed by atoms with van der Waals surface area (Å²) in [6.45, 7) is 4.42. The lowest BCUT2D eigenvalue weighted by atomic mass is 10.2. The van der Waals surface area contributed by atoms with E-state index in [-0.39, 0.29) is 24.3 Å². The molecule has 1 saturated heterocycles. The van der Waals surface area contributed by atoms with Crippen molar-refractivity contribution >= 4 is 17.8 Å². The van der Waals surface area contributed by atoms with Crippen LogP contribution in [0.4, 0.5) is 5.95 Å². The Bertz CT molecular complexity index is 1140. The van der Waals surface area contributed by atoms with E-state index in [0.29, 0.717) is 25.7 Å². The van der Waals surface area contributed by atoms with Gasteiger partial charge in [0.05, 0.1) is 25.5 Å². The summed E-state index contributed by atoms with van der Waals surface area (Å²) < 4.78 is 7.30. The van der Waals surface area contributed by atoms with Crippen LogP contribution in [-0.4, -0.2) is 77.1 Å². The summed E-state index contributed by atoms with van der Waals surface area (Å²) in [6.07, 6.45) is 3.74. The first-order valence-corrected chi connectivity index (χ1v) is 12.3. The number of carbonyl (C=O) groups excluding carboxylic acids is 2. The van der Waals surface area contributed by atoms with E-state index < -0.39 is 0 Å². The molecule has 0 spiro atoms. The quantitative estimate of drug-likeness (QED) is 0.517. The van der Waals surface area contributed by atoms with Crippen LogP contribution in [0.15, 0.2) is 66.9 Å². The van der Waals surface area contributed by atoms with E-state index >= 15 is 0 Å². The maximum atomic E-state index is 13.2. The minimum atomic E-state index is -0.247. The Morgan fingerprint density at radius 3 is 2.37 bits per heavy atom. The number of hydrogen-bond donors (Lipinski definition) is 1. The number of nitrogens with zero attached hydrogens (tertiary/aromatic N) is 4. The fourth-order valence-electron chi connectivity index (χ4n) is 4.28. The Hall–Kier alpha value is -3.49. The molecule has 0 bridgehead atoms. The molecule has 1 aliphatic carbocycles. The molecule has 182 valence electrons. The van der Waals surface area contributed by atoms with Gasteiger partial charge in [0, 0.05) is 49.5 Å². The molecule has 1 saturated carbocycles. The molecule has 2 fully saturated rings. The second kappa shape index (κ2) is 10.8. The molecular formula is C27H31N5O3. The smallest absolute Gasteiger partial charge is 0.246 e. The summed E-state index contributed by atoms with van der Waals surface area (Å²) in [7, 11) is 0. The lowest BCUT2D eigenvalue weighted by Crippen LogP contribution is -2.45. The molecule has 35 heavy (non-hydrogen) atoms. The molecule has 5 rings (SSSR count). The third kappa shape index (κ3) is 5.96. The lowest BCUT2D eigenvalue weighted by molar-refractivity contribution is -0.136. The number of hydrogen-bond acceptors (Lipinski definition) is 5. The van der Waals surface area contributed by atoms with Crippen molar-refractivity contribution in [3.63, 3.8) is 0 Å². The molecule has 1 aliphatic heterocycles. The number of ether oxygens (including phenoxy) is 1. The van der Waals surface area contributed by atoms with Crippen LogP contribution >= 0.6 is 0 Å². The van der Waals surface area contributed by atoms with Gasteiger partial charge < -0.3 is 9.64 Å². The fraction of sp³-hybridized carbons (Fsp3) is 0.370. The largest absolute Gasteiger partial charge is 0.379 e. The first-order chi connectivity index (χ1) is 17.2. The molecule has 2 aromatic carbocycles. The van der Waals surface area contributed by atoms with Gasteiger partial charge in [0.15, 0.2) is 0 Å². The molecule has 2 heterocycles. The topological polar surface area (TPSA) is 79.7 Å². The van der Waals surface area contributed by atoms with E-state index in [2.05, 4.69) is 10.2 Å². The summed E-state index contributed by atoms with van der Waals surface area (Å²) in [5.41, 5.74) is 2.63. The number of rotatable bonds is 9. The molecule has 0 unspecified atom stereocenters. The summed E-state index contributed by atoms with van der Waals surface area (Å²) in [6, 6.07) is 19.7. The van der Waals surface area contributed by atoms with Gasteiger partial charge in [-0.15, -0.1) is 0 Å². The Balaban J connectivity index is 1.32. The highest BCUT2D eigenvalue weighted by Crippen LogP contribution is 2.31. The van der Waals surface area contributed by atoms with Gasteiger partial charge in [-0.3, -0.25) is 24.4 Å². The van der Waals surface area contributed by atoms with Crippen LogP contribution in [0.1, 0.15) is 12.8 Å². The van der Waals surface area contributed by atoms with Gasteiger partial charge >= 0.3 is 0 Å². The Morgan fingerprint density at radius 2 is 1.69 bits per heavy atom. The van der Waals surface area contributed by atoms with Crippen molar-refractivity contribution in [3.05, 3.63) is 66.9 Å². The van der Waals surface area contributed by atoms with Crippen LogP contribution in [0.25, 0.3) is 16.9 Å². The minimum Gasteiger partial charge on any atom is -0.379 e. The van der Waals surface area contributed by atoms with Crippen molar-refractivity contribution < 1.29 is 14.3 Å². The highest BCUT2D eigenvalue weighted by Gasteiger charge is 2.34. The molecule has 1 N–H and O–H groups in total. The van der Waals surface area contributed by atoms with Gasteiger partial charge in [-0.1, -0.05) is 48.5 Å². The standard InChI is InChI=1S/C27H31N5O3/c33-25(20-31(26(34)22-11-12-22)14-13-30-15-17-35-18-16-30)29-27-28-24(21-7-3-1-4-8-21)19-32(27)23-9-5-2-6-10-23/h1-10,19,22H,11-18,20H2,(H,28,29,33). The van der Waals surface area contributed by atoms with E-state index in [1.165, 1.54) is 0 Å². The maximum absolute atomic E-state index is 13.2. The molecule has 0 radical (unpaired) electrons. The molecule has 2 aliphatic rings. The first-order valence-electron chi connectivity index (χ1n) is 12.3. The average molecular weight is 474 g/mol. The highest BCUT2D eigenvalue weighted by molar-refractivity contribution is 5.94. The van der Waals surface area contributed by atoms with Gasteiger partial charge in [-0.05, 0) is 25.0 Å². The van der Waals surface area contributed by atoms with Gasteiger partial charge in [-0.2, -0.15) is 0 Å². The summed E-state index contributed by atoms with van der Waals surface area (Å²) in [5, 5.41) is 2.97. The van der Waals surface area contributed by atoms with E-state index in [4.69, 9.17) is 9.72 Å². The van der Waals surface area contributed by atoms with Crippen molar-refractivity contribution in [3.8, 4) is 16.9 Å². The number of para-hydroxylation sites is 1. The van der Waals surface area contributed by atoms with E-state index in [9.17, 15) is 9.59 Å². The zero-order valence-corrected chi connectivity index (χ0v) is 19.8. The van der Waals surface area contributed by atoms with Crippen LogP contribution in [0.2, 0.25) is 0 Å². The molecule has 8 nitrogen and oxygen atoms in total. The van der Waals surface area contributed by atoms with Crippen molar-refractivity contribution in [2.75, 3.05) is 51.3 Å². The predicted molar refractivity (Wildman–Crippen MR) is 134 cm³/mol. The maximum Gasteiger partial charge on any atom is 0.246 e. The van der Waals surface area contributed by atoms with Crippen molar-refractivity contribution in [1.82, 2.24) is 19.4 Å². The molecule has 3 aromatic rings. The third-order valence-electron chi connectivity index (χ3n) is 6.42. The number of anilines is 1. The Kier molecular flexibility index (Phi) is 7.20. The number of nitrogens with one attached hydrogen (secondary N) is 1. The number of morpholine rings is 1. The summed E-state index contributed by atoms with van der Waals surface area (Å²) in [4.78, 5) is 34.8. The van der Waals surface area contributed by atoms with Gasteiger partial charge in [0.2, 0.25) is 17.8 Å². The number of benzene rings is 2. The van der Waals surface area contributed by atoms with Gasteiger partial charge in [0.25, 0.3) is 0 Å². The van der Waals surface area contributed by atoms with Gasteiger partial charge in [0.1, 0.15) is 0 Å². The van der Waals surface area contributed by atoms with E-state index in [1.807, 2.05) is 71.4 Å². The zero-order chi connectivity index (χ0) is 24.0. The summed E-state index contributed by atoms with van der Waals surface area (Å²) in [5.74, 6) is 0.323. The van der Waals surface area contributed by atoms with Gasteiger partial charge in [-0.25, -0.2) is 4.98 Å². The summed E-state index contributed by atoms with van der Waals surface area (Å²) >= 11 is 0. The van der Waals surface area contributed by atoms with Crippen molar-refractivity contribution in [2.24, 2.45) is 5.92 Å². The van der Waals surface area contributed by atoms with E-state index in [1.54, 1.807) is 4.90 Å². The predicted octanol–water partition coefficient (Wildman–Crippen LogP) is 3.05. The van der Waals surface area contributed by atoms with Crippen LogP contribution in [0, 0.1) is 5.92 Å². The van der Waals surface area contributed by atoms with Crippen LogP contribution in [0.3, 0.4) is 0 Å². The zero-order valence-electron chi connectivity index (χ0n) is 19.8. The molecule has 8 heteroatoms. The average Bonchev–Trinajstić information content (AvgIpc) is 3.68. The van der Waals surface area contributed by atoms with Crippen LogP contribution < -0.4 is 5.32 Å². The van der Waals surface area contributed by atoms with Crippen LogP contribution in [-0.2, 0) is 14.3 Å².